The van der Waals surface area contributed by atoms with Gasteiger partial charge in [0.05, 0.1) is 0 Å². The van der Waals surface area contributed by atoms with Gasteiger partial charge < -0.3 is 4.90 Å². The maximum atomic E-state index is 12.8. The van der Waals surface area contributed by atoms with Crippen LogP contribution in [0, 0.1) is 11.8 Å². The summed E-state index contributed by atoms with van der Waals surface area (Å²) in [5.41, 5.74) is 2.25. The Balaban J connectivity index is 0.00000208. The smallest absolute Gasteiger partial charge is 0.166 e. The van der Waals surface area contributed by atoms with Crippen LogP contribution in [0.15, 0.2) is 24.3 Å². The second kappa shape index (κ2) is 9.58. The number of carbonyl (C=O) groups excluding carboxylic acids is 1. The number of Topliss-reactive ketones (excluding diaryl/α,β-unsaturated/α-hetero) is 1. The van der Waals surface area contributed by atoms with Gasteiger partial charge in [-0.2, -0.15) is 0 Å². The van der Waals surface area contributed by atoms with Crippen LogP contribution in [0.5, 0.6) is 0 Å². The minimum absolute atomic E-state index is 0. The van der Waals surface area contributed by atoms with E-state index in [2.05, 4.69) is 24.1 Å². The first-order valence-corrected chi connectivity index (χ1v) is 9.54. The van der Waals surface area contributed by atoms with E-state index in [1.54, 1.807) is 0 Å². The predicted octanol–water partition coefficient (Wildman–Crippen LogP) is 5.15. The van der Waals surface area contributed by atoms with E-state index in [0.29, 0.717) is 5.78 Å². The molecule has 1 atom stereocenters. The van der Waals surface area contributed by atoms with E-state index in [0.717, 1.165) is 43.7 Å². The van der Waals surface area contributed by atoms with Crippen LogP contribution < -0.4 is 0 Å². The van der Waals surface area contributed by atoms with Gasteiger partial charge >= 0.3 is 0 Å². The first kappa shape index (κ1) is 19.5. The highest BCUT2D eigenvalue weighted by atomic mass is 35.5. The van der Waals surface area contributed by atoms with Crippen molar-refractivity contribution < 1.29 is 4.79 Å². The summed E-state index contributed by atoms with van der Waals surface area (Å²) in [4.78, 5) is 15.3. The van der Waals surface area contributed by atoms with Crippen molar-refractivity contribution in [3.05, 3.63) is 35.4 Å². The number of benzene rings is 1. The van der Waals surface area contributed by atoms with E-state index < -0.39 is 0 Å². The number of hydrogen-bond acceptors (Lipinski definition) is 2. The Morgan fingerprint density at radius 2 is 1.79 bits per heavy atom. The number of rotatable bonds is 5. The molecule has 0 amide bonds. The molecule has 134 valence electrons. The predicted molar refractivity (Wildman–Crippen MR) is 103 cm³/mol. The summed E-state index contributed by atoms with van der Waals surface area (Å²) in [6, 6.07) is 8.23. The molecule has 0 aliphatic heterocycles. The standard InChI is InChI=1S/C21H31NO.ClH/c1-22(16-17-8-3-2-4-9-17)15-14-19-12-7-11-18-10-5-6-13-20(18)21(19)23;/h5-6,10,13,17,19H,2-4,7-9,11-12,14-16H2,1H3;1H. The third kappa shape index (κ3) is 5.07. The topological polar surface area (TPSA) is 20.3 Å². The zero-order valence-corrected chi connectivity index (χ0v) is 15.8. The van der Waals surface area contributed by atoms with Gasteiger partial charge in [0.1, 0.15) is 0 Å². The molecule has 0 radical (unpaired) electrons. The number of carbonyl (C=O) groups is 1. The second-order valence-corrected chi connectivity index (χ2v) is 7.67. The first-order chi connectivity index (χ1) is 11.2. The van der Waals surface area contributed by atoms with Crippen LogP contribution in [0.4, 0.5) is 0 Å². The molecule has 3 rings (SSSR count). The molecule has 1 unspecified atom stereocenters. The number of halogens is 1. The van der Waals surface area contributed by atoms with Crippen LogP contribution in [0.25, 0.3) is 0 Å². The van der Waals surface area contributed by atoms with Crippen molar-refractivity contribution in [3.63, 3.8) is 0 Å². The highest BCUT2D eigenvalue weighted by Gasteiger charge is 2.25. The number of ketones is 1. The molecule has 1 aromatic carbocycles. The van der Waals surface area contributed by atoms with Crippen molar-refractivity contribution in [3.8, 4) is 0 Å². The quantitative estimate of drug-likeness (QED) is 0.685. The van der Waals surface area contributed by atoms with E-state index in [9.17, 15) is 4.79 Å². The van der Waals surface area contributed by atoms with E-state index in [4.69, 9.17) is 0 Å². The van der Waals surface area contributed by atoms with E-state index in [1.165, 1.54) is 44.2 Å². The zero-order valence-electron chi connectivity index (χ0n) is 15.0. The van der Waals surface area contributed by atoms with Crippen molar-refractivity contribution >= 4 is 18.2 Å². The Morgan fingerprint density at radius 3 is 2.58 bits per heavy atom. The van der Waals surface area contributed by atoms with E-state index in [-0.39, 0.29) is 18.3 Å². The van der Waals surface area contributed by atoms with Crippen LogP contribution in [0.3, 0.4) is 0 Å². The average Bonchev–Trinajstić information content (AvgIpc) is 2.73. The molecule has 2 aliphatic rings. The fourth-order valence-electron chi connectivity index (χ4n) is 4.42. The highest BCUT2D eigenvalue weighted by molar-refractivity contribution is 5.99. The highest BCUT2D eigenvalue weighted by Crippen LogP contribution is 2.28. The van der Waals surface area contributed by atoms with Gasteiger partial charge in [0.2, 0.25) is 0 Å². The molecule has 0 aromatic heterocycles. The van der Waals surface area contributed by atoms with Crippen molar-refractivity contribution in [1.29, 1.82) is 0 Å². The van der Waals surface area contributed by atoms with Gasteiger partial charge in [0.25, 0.3) is 0 Å². The van der Waals surface area contributed by atoms with Gasteiger partial charge in [0.15, 0.2) is 5.78 Å². The molecule has 0 bridgehead atoms. The van der Waals surface area contributed by atoms with Crippen molar-refractivity contribution in [2.45, 2.75) is 57.8 Å². The number of fused-ring (bicyclic) bond motifs is 1. The fourth-order valence-corrected chi connectivity index (χ4v) is 4.42. The number of nitrogens with zero attached hydrogens (tertiary/aromatic N) is 1. The van der Waals surface area contributed by atoms with Crippen LogP contribution in [0.1, 0.15) is 67.3 Å². The number of aryl methyl sites for hydroxylation is 1. The lowest BCUT2D eigenvalue weighted by Crippen LogP contribution is -2.30. The Morgan fingerprint density at radius 1 is 1.04 bits per heavy atom. The lowest BCUT2D eigenvalue weighted by Gasteiger charge is -2.27. The molecular weight excluding hydrogens is 318 g/mol. The van der Waals surface area contributed by atoms with Gasteiger partial charge in [-0.15, -0.1) is 12.4 Å². The molecule has 0 saturated heterocycles. The minimum atomic E-state index is 0. The molecule has 24 heavy (non-hydrogen) atoms. The summed E-state index contributed by atoms with van der Waals surface area (Å²) < 4.78 is 0. The summed E-state index contributed by atoms with van der Waals surface area (Å²) >= 11 is 0. The van der Waals surface area contributed by atoms with Gasteiger partial charge in [-0.1, -0.05) is 43.5 Å². The molecular formula is C21H32ClNO. The van der Waals surface area contributed by atoms with E-state index in [1.807, 2.05) is 12.1 Å². The fraction of sp³-hybridized carbons (Fsp3) is 0.667. The largest absolute Gasteiger partial charge is 0.306 e. The minimum Gasteiger partial charge on any atom is -0.306 e. The molecule has 1 saturated carbocycles. The summed E-state index contributed by atoms with van der Waals surface area (Å²) in [6.07, 6.45) is 11.4. The van der Waals surface area contributed by atoms with E-state index >= 15 is 0 Å². The maximum Gasteiger partial charge on any atom is 0.166 e. The van der Waals surface area contributed by atoms with Gasteiger partial charge in [-0.05, 0) is 63.6 Å². The van der Waals surface area contributed by atoms with Crippen molar-refractivity contribution in [2.75, 3.05) is 20.1 Å². The Kier molecular flexibility index (Phi) is 7.77. The lowest BCUT2D eigenvalue weighted by atomic mass is 9.88. The van der Waals surface area contributed by atoms with Crippen LogP contribution in [-0.4, -0.2) is 30.8 Å². The molecule has 2 nitrogen and oxygen atoms in total. The maximum absolute atomic E-state index is 12.8. The second-order valence-electron chi connectivity index (χ2n) is 7.67. The molecule has 1 fully saturated rings. The molecule has 2 aliphatic carbocycles. The molecule has 1 aromatic rings. The first-order valence-electron chi connectivity index (χ1n) is 9.54. The Labute approximate surface area is 153 Å². The molecule has 3 heteroatoms. The Bertz CT molecular complexity index is 524. The summed E-state index contributed by atoms with van der Waals surface area (Å²) in [5, 5.41) is 0. The third-order valence-corrected chi connectivity index (χ3v) is 5.81. The van der Waals surface area contributed by atoms with Gasteiger partial charge in [0, 0.05) is 18.0 Å². The molecule has 0 spiro atoms. The molecule has 0 heterocycles. The van der Waals surface area contributed by atoms with Gasteiger partial charge in [-0.3, -0.25) is 4.79 Å². The SMILES string of the molecule is CN(CCC1CCCc2ccccc2C1=O)CC1CCCCC1.Cl. The summed E-state index contributed by atoms with van der Waals surface area (Å²) in [7, 11) is 2.24. The summed E-state index contributed by atoms with van der Waals surface area (Å²) in [5.74, 6) is 1.51. The summed E-state index contributed by atoms with van der Waals surface area (Å²) in [6.45, 7) is 2.28. The lowest BCUT2D eigenvalue weighted by molar-refractivity contribution is 0.0898. The van der Waals surface area contributed by atoms with Gasteiger partial charge in [-0.25, -0.2) is 0 Å². The third-order valence-electron chi connectivity index (χ3n) is 5.81. The van der Waals surface area contributed by atoms with Crippen LogP contribution in [-0.2, 0) is 6.42 Å². The van der Waals surface area contributed by atoms with Crippen molar-refractivity contribution in [2.24, 2.45) is 11.8 Å². The Hall–Kier alpha value is -0.860. The number of hydrogen-bond donors (Lipinski definition) is 0. The van der Waals surface area contributed by atoms with Crippen molar-refractivity contribution in [1.82, 2.24) is 4.90 Å². The average molecular weight is 350 g/mol. The normalized spacial score (nSPS) is 21.9. The monoisotopic (exact) mass is 349 g/mol. The van der Waals surface area contributed by atoms with Crippen LogP contribution >= 0.6 is 12.4 Å². The molecule has 0 N–H and O–H groups in total. The zero-order chi connectivity index (χ0) is 16.1. The van der Waals surface area contributed by atoms with Crippen LogP contribution in [0.2, 0.25) is 0 Å².